The SMILES string of the molecule is COc1ccc(C(=O)OC(Cc2c(Cl)c[n+]([O-])cc2Cl)c2ccc(OC(F)F)c(OCC3CC3)c2)cc1OS(=O)(=O)CCN(CCO)CCO. The summed E-state index contributed by atoms with van der Waals surface area (Å²) in [5.41, 5.74) is 0.376. The van der Waals surface area contributed by atoms with Gasteiger partial charge in [0.05, 0.1) is 38.2 Å². The Morgan fingerprint density at radius 3 is 2.26 bits per heavy atom. The van der Waals surface area contributed by atoms with Crippen molar-refractivity contribution in [1.29, 1.82) is 0 Å². The fraction of sp³-hybridized carbons (Fsp3) is 0.438. The number of carbonyl (C=O) groups is 1. The van der Waals surface area contributed by atoms with E-state index in [0.29, 0.717) is 4.73 Å². The first-order valence-corrected chi connectivity index (χ1v) is 17.7. The molecule has 2 aromatic carbocycles. The number of aromatic nitrogens is 1. The second-order valence-electron chi connectivity index (χ2n) is 11.2. The molecular weight excluding hydrogens is 729 g/mol. The lowest BCUT2D eigenvalue weighted by Crippen LogP contribution is -2.35. The molecule has 13 nitrogen and oxygen atoms in total. The van der Waals surface area contributed by atoms with Crippen LogP contribution in [0.25, 0.3) is 0 Å². The molecule has 1 aromatic heterocycles. The number of alkyl halides is 2. The van der Waals surface area contributed by atoms with Gasteiger partial charge in [-0.1, -0.05) is 29.3 Å². The van der Waals surface area contributed by atoms with Gasteiger partial charge in [0, 0.05) is 37.7 Å². The number of aliphatic hydroxyl groups is 2. The Labute approximate surface area is 297 Å². The Hall–Kier alpha value is -3.67. The molecule has 1 unspecified atom stereocenters. The molecule has 50 heavy (non-hydrogen) atoms. The Balaban J connectivity index is 1.64. The number of hydrogen-bond donors (Lipinski definition) is 2. The van der Waals surface area contributed by atoms with Crippen molar-refractivity contribution in [2.24, 2.45) is 5.92 Å². The number of hydrogen-bond acceptors (Lipinski definition) is 12. The first kappa shape index (κ1) is 39.1. The zero-order chi connectivity index (χ0) is 36.4. The van der Waals surface area contributed by atoms with Crippen LogP contribution in [0.3, 0.4) is 0 Å². The third kappa shape index (κ3) is 11.4. The number of ether oxygens (including phenoxy) is 4. The van der Waals surface area contributed by atoms with Crippen LogP contribution in [-0.4, -0.2) is 88.4 Å². The van der Waals surface area contributed by atoms with Gasteiger partial charge in [0.2, 0.25) is 0 Å². The van der Waals surface area contributed by atoms with Crippen molar-refractivity contribution in [3.8, 4) is 23.0 Å². The lowest BCUT2D eigenvalue weighted by molar-refractivity contribution is -0.605. The highest BCUT2D eigenvalue weighted by molar-refractivity contribution is 7.87. The zero-order valence-electron chi connectivity index (χ0n) is 26.8. The van der Waals surface area contributed by atoms with Gasteiger partial charge in [0.1, 0.15) is 16.1 Å². The number of esters is 1. The molecule has 1 atom stereocenters. The van der Waals surface area contributed by atoms with Crippen molar-refractivity contribution in [3.63, 3.8) is 0 Å². The van der Waals surface area contributed by atoms with Crippen LogP contribution >= 0.6 is 23.2 Å². The molecule has 1 fully saturated rings. The fourth-order valence-electron chi connectivity index (χ4n) is 4.77. The zero-order valence-corrected chi connectivity index (χ0v) is 29.1. The second-order valence-corrected chi connectivity index (χ2v) is 13.7. The molecule has 274 valence electrons. The summed E-state index contributed by atoms with van der Waals surface area (Å²) in [5, 5.41) is 30.2. The van der Waals surface area contributed by atoms with E-state index in [1.165, 1.54) is 42.3 Å². The summed E-state index contributed by atoms with van der Waals surface area (Å²) in [6.07, 6.45) is 2.61. The Bertz CT molecular complexity index is 1700. The summed E-state index contributed by atoms with van der Waals surface area (Å²) in [6.45, 7) is -3.16. The highest BCUT2D eigenvalue weighted by Crippen LogP contribution is 2.38. The normalized spacial score (nSPS) is 13.7. The predicted molar refractivity (Wildman–Crippen MR) is 177 cm³/mol. The largest absolute Gasteiger partial charge is 0.619 e. The average Bonchev–Trinajstić information content (AvgIpc) is 3.89. The minimum atomic E-state index is -4.26. The average molecular weight is 766 g/mol. The van der Waals surface area contributed by atoms with E-state index in [-0.39, 0.29) is 102 Å². The second kappa shape index (κ2) is 18.0. The quantitative estimate of drug-likeness (QED) is 0.0731. The first-order valence-electron chi connectivity index (χ1n) is 15.4. The molecule has 1 saturated carbocycles. The van der Waals surface area contributed by atoms with E-state index in [1.807, 2.05) is 0 Å². The van der Waals surface area contributed by atoms with Crippen molar-refractivity contribution >= 4 is 39.3 Å². The van der Waals surface area contributed by atoms with Crippen LogP contribution in [0, 0.1) is 11.1 Å². The number of halogens is 4. The van der Waals surface area contributed by atoms with E-state index in [4.69, 9.17) is 41.6 Å². The van der Waals surface area contributed by atoms with E-state index >= 15 is 0 Å². The van der Waals surface area contributed by atoms with Gasteiger partial charge in [0.15, 0.2) is 35.4 Å². The third-order valence-corrected chi connectivity index (χ3v) is 9.30. The van der Waals surface area contributed by atoms with Gasteiger partial charge in [-0.15, -0.1) is 0 Å². The van der Waals surface area contributed by atoms with Gasteiger partial charge >= 0.3 is 22.7 Å². The van der Waals surface area contributed by atoms with E-state index < -0.39 is 34.6 Å². The monoisotopic (exact) mass is 764 g/mol. The lowest BCUT2D eigenvalue weighted by atomic mass is 10.0. The number of rotatable bonds is 20. The summed E-state index contributed by atoms with van der Waals surface area (Å²) in [6, 6.07) is 7.76. The molecule has 1 aliphatic carbocycles. The van der Waals surface area contributed by atoms with Crippen LogP contribution in [0.15, 0.2) is 48.8 Å². The molecule has 1 aliphatic rings. The van der Waals surface area contributed by atoms with Crippen LogP contribution < -0.4 is 23.1 Å². The molecule has 2 N–H and O–H groups in total. The summed E-state index contributed by atoms with van der Waals surface area (Å²) in [5.74, 6) is -1.76. The van der Waals surface area contributed by atoms with Gasteiger partial charge in [-0.05, 0) is 48.6 Å². The van der Waals surface area contributed by atoms with Crippen molar-refractivity contribution in [1.82, 2.24) is 4.90 Å². The van der Waals surface area contributed by atoms with Gasteiger partial charge in [-0.25, -0.2) is 4.79 Å². The van der Waals surface area contributed by atoms with Crippen molar-refractivity contribution < 1.29 is 60.1 Å². The van der Waals surface area contributed by atoms with Crippen molar-refractivity contribution in [2.45, 2.75) is 32.0 Å². The minimum absolute atomic E-state index is 0.00918. The molecule has 4 rings (SSSR count). The molecule has 3 aromatic rings. The number of benzene rings is 2. The number of aliphatic hydroxyl groups excluding tert-OH is 2. The Kier molecular flexibility index (Phi) is 14.1. The van der Waals surface area contributed by atoms with E-state index in [9.17, 15) is 37.4 Å². The lowest BCUT2D eigenvalue weighted by Gasteiger charge is -2.22. The fourth-order valence-corrected chi connectivity index (χ4v) is 6.33. The smallest absolute Gasteiger partial charge is 0.387 e. The topological polar surface area (TPSA) is 168 Å². The van der Waals surface area contributed by atoms with Crippen LogP contribution in [0.5, 0.6) is 23.0 Å². The third-order valence-electron chi connectivity index (χ3n) is 7.53. The maximum absolute atomic E-state index is 13.6. The van der Waals surface area contributed by atoms with E-state index in [2.05, 4.69) is 4.74 Å². The summed E-state index contributed by atoms with van der Waals surface area (Å²) in [4.78, 5) is 15.2. The maximum atomic E-state index is 13.6. The number of methoxy groups -OCH3 is 1. The van der Waals surface area contributed by atoms with Gasteiger partial charge in [-0.2, -0.15) is 21.9 Å². The van der Waals surface area contributed by atoms with Crippen LogP contribution in [0.2, 0.25) is 10.0 Å². The standard InChI is InChI=1S/C32H36Cl2F2N2O11S/c1-45-26-6-5-22(15-30(26)49-50(43,44)13-10-37(8-11-39)9-12-40)31(41)47-28(16-23-24(33)17-38(42)18-25(23)34)21-4-7-27(48-32(35)36)29(14-21)46-19-20-2-3-20/h4-7,14-15,17-18,20,28,32,39-40H,2-3,8-13,16,19H2,1H3. The number of nitrogens with zero attached hydrogens (tertiary/aromatic N) is 2. The number of pyridine rings is 1. The molecular formula is C32H36Cl2F2N2O11S. The van der Waals surface area contributed by atoms with Gasteiger partial charge < -0.3 is 38.6 Å². The summed E-state index contributed by atoms with van der Waals surface area (Å²) < 4.78 is 79.4. The van der Waals surface area contributed by atoms with Crippen molar-refractivity contribution in [2.75, 3.05) is 52.3 Å². The molecule has 18 heteroatoms. The molecule has 0 spiro atoms. The highest BCUT2D eigenvalue weighted by atomic mass is 35.5. The molecule has 1 heterocycles. The van der Waals surface area contributed by atoms with Crippen LogP contribution in [0.4, 0.5) is 8.78 Å². The first-order chi connectivity index (χ1) is 23.8. The summed E-state index contributed by atoms with van der Waals surface area (Å²) in [7, 11) is -2.98. The van der Waals surface area contributed by atoms with E-state index in [1.54, 1.807) is 0 Å². The minimum Gasteiger partial charge on any atom is -0.619 e. The van der Waals surface area contributed by atoms with Crippen LogP contribution in [-0.2, 0) is 21.3 Å². The molecule has 0 aliphatic heterocycles. The molecule has 0 saturated heterocycles. The summed E-state index contributed by atoms with van der Waals surface area (Å²) >= 11 is 12.7. The molecule has 0 amide bonds. The maximum Gasteiger partial charge on any atom is 0.387 e. The molecule has 0 bridgehead atoms. The molecule has 0 radical (unpaired) electrons. The Morgan fingerprint density at radius 1 is 1.00 bits per heavy atom. The predicted octanol–water partition coefficient (Wildman–Crippen LogP) is 4.16. The van der Waals surface area contributed by atoms with Crippen LogP contribution in [0.1, 0.15) is 40.4 Å². The van der Waals surface area contributed by atoms with E-state index in [0.717, 1.165) is 31.3 Å². The van der Waals surface area contributed by atoms with Crippen molar-refractivity contribution in [3.05, 3.63) is 80.7 Å². The number of carbonyl (C=O) groups excluding carboxylic acids is 1. The Morgan fingerprint density at radius 2 is 1.66 bits per heavy atom. The van der Waals surface area contributed by atoms with Gasteiger partial charge in [-0.3, -0.25) is 4.90 Å². The van der Waals surface area contributed by atoms with Gasteiger partial charge in [0.25, 0.3) is 0 Å². The highest BCUT2D eigenvalue weighted by Gasteiger charge is 2.28.